The second kappa shape index (κ2) is 12.6. The first-order valence-electron chi connectivity index (χ1n) is 22.1. The summed E-state index contributed by atoms with van der Waals surface area (Å²) in [7, 11) is 0. The van der Waals surface area contributed by atoms with Crippen LogP contribution in [0.1, 0.15) is 49.9 Å². The highest BCUT2D eigenvalue weighted by molar-refractivity contribution is 6.22. The average Bonchev–Trinajstić information content (AvgIpc) is 3.69. The average molecular weight is 789 g/mol. The zero-order valence-corrected chi connectivity index (χ0v) is 35.5. The summed E-state index contributed by atoms with van der Waals surface area (Å²) in [6.07, 6.45) is 0. The van der Waals surface area contributed by atoms with E-state index < -0.39 is 0 Å². The van der Waals surface area contributed by atoms with Crippen molar-refractivity contribution in [2.45, 2.75) is 38.5 Å². The standard InChI is InChI=1S/C62H44/c1-61(2)55-31-26-43(35-52(55)50-29-23-38-14-7-9-17-45(38)59(50)61)57-47-19-11-12-20-48(47)58(54-34-42(25-28-49(54)57)41-22-21-37-13-5-6-16-40(37)33-41)44-27-32-56-53(36-44)51-30-24-39-15-8-10-18-46(39)60(51)62(56,3)4/h5-36H,1-4H3. The summed E-state index contributed by atoms with van der Waals surface area (Å²) in [4.78, 5) is 0. The summed E-state index contributed by atoms with van der Waals surface area (Å²) >= 11 is 0. The van der Waals surface area contributed by atoms with Crippen molar-refractivity contribution in [2.24, 2.45) is 0 Å². The van der Waals surface area contributed by atoms with Gasteiger partial charge in [-0.05, 0) is 156 Å². The fourth-order valence-electron chi connectivity index (χ4n) is 11.9. The minimum Gasteiger partial charge on any atom is -0.0616 e. The minimum atomic E-state index is -0.117. The third kappa shape index (κ3) is 4.84. The highest BCUT2D eigenvalue weighted by Gasteiger charge is 2.38. The summed E-state index contributed by atoms with van der Waals surface area (Å²) in [5, 5.41) is 12.9. The summed E-state index contributed by atoms with van der Waals surface area (Å²) in [5.74, 6) is 0. The molecule has 0 aliphatic heterocycles. The Labute approximate surface area is 362 Å². The van der Waals surface area contributed by atoms with Crippen LogP contribution in [0.15, 0.2) is 194 Å². The molecule has 0 nitrogen and oxygen atoms in total. The van der Waals surface area contributed by atoms with E-state index in [1.54, 1.807) is 0 Å². The molecule has 0 N–H and O–H groups in total. The van der Waals surface area contributed by atoms with Crippen LogP contribution in [0.5, 0.6) is 0 Å². The normalized spacial score (nSPS) is 14.4. The van der Waals surface area contributed by atoms with Gasteiger partial charge in [-0.2, -0.15) is 0 Å². The zero-order chi connectivity index (χ0) is 41.5. The third-order valence-corrected chi connectivity index (χ3v) is 14.8. The fourth-order valence-corrected chi connectivity index (χ4v) is 11.9. The first kappa shape index (κ1) is 35.5. The SMILES string of the molecule is CC1(C)c2ccc(-c3c4ccccc4c(-c4ccc5c(c4)-c4ccc6ccccc6c4C5(C)C)c4cc(-c5ccc6ccccc6c5)ccc34)cc2-c2ccc3ccccc3c21. The third-order valence-electron chi connectivity index (χ3n) is 14.8. The van der Waals surface area contributed by atoms with Crippen LogP contribution in [0.4, 0.5) is 0 Å². The molecule has 0 saturated carbocycles. The Morgan fingerprint density at radius 3 is 1.23 bits per heavy atom. The molecule has 0 heterocycles. The van der Waals surface area contributed by atoms with Crippen LogP contribution in [0, 0.1) is 0 Å². The van der Waals surface area contributed by atoms with Crippen LogP contribution in [-0.4, -0.2) is 0 Å². The lowest BCUT2D eigenvalue weighted by Crippen LogP contribution is -2.15. The monoisotopic (exact) mass is 788 g/mol. The van der Waals surface area contributed by atoms with Crippen LogP contribution in [0.2, 0.25) is 0 Å². The molecule has 0 spiro atoms. The molecule has 0 heteroatoms. The Morgan fingerprint density at radius 1 is 0.258 bits per heavy atom. The lowest BCUT2D eigenvalue weighted by molar-refractivity contribution is 0.666. The quantitative estimate of drug-likeness (QED) is 0.156. The molecule has 2 aliphatic rings. The molecule has 11 aromatic carbocycles. The van der Waals surface area contributed by atoms with Gasteiger partial charge in [-0.1, -0.05) is 198 Å². The number of hydrogen-bond acceptors (Lipinski definition) is 0. The molecule has 0 amide bonds. The summed E-state index contributed by atoms with van der Waals surface area (Å²) in [6, 6.07) is 73.7. The zero-order valence-electron chi connectivity index (χ0n) is 35.5. The van der Waals surface area contributed by atoms with Gasteiger partial charge in [-0.25, -0.2) is 0 Å². The van der Waals surface area contributed by atoms with Crippen LogP contribution < -0.4 is 0 Å². The first-order chi connectivity index (χ1) is 30.3. The van der Waals surface area contributed by atoms with Gasteiger partial charge >= 0.3 is 0 Å². The molecule has 13 rings (SSSR count). The van der Waals surface area contributed by atoms with Crippen LogP contribution >= 0.6 is 0 Å². The predicted octanol–water partition coefficient (Wildman–Crippen LogP) is 17.1. The molecule has 292 valence electrons. The maximum absolute atomic E-state index is 2.50. The molecule has 0 bridgehead atoms. The summed E-state index contributed by atoms with van der Waals surface area (Å²) < 4.78 is 0. The van der Waals surface area contributed by atoms with E-state index in [0.29, 0.717) is 0 Å². The molecule has 0 atom stereocenters. The molecule has 0 radical (unpaired) electrons. The molecule has 11 aromatic rings. The number of rotatable bonds is 3. The van der Waals surface area contributed by atoms with Gasteiger partial charge in [0, 0.05) is 10.8 Å². The van der Waals surface area contributed by atoms with Crippen LogP contribution in [0.3, 0.4) is 0 Å². The van der Waals surface area contributed by atoms with Crippen LogP contribution in [0.25, 0.3) is 109 Å². The van der Waals surface area contributed by atoms with Crippen molar-refractivity contribution in [2.75, 3.05) is 0 Å². The predicted molar refractivity (Wildman–Crippen MR) is 265 cm³/mol. The van der Waals surface area contributed by atoms with Crippen molar-refractivity contribution in [1.82, 2.24) is 0 Å². The van der Waals surface area contributed by atoms with Gasteiger partial charge in [-0.3, -0.25) is 0 Å². The van der Waals surface area contributed by atoms with Gasteiger partial charge in [-0.15, -0.1) is 0 Å². The Kier molecular flexibility index (Phi) is 7.23. The summed E-state index contributed by atoms with van der Waals surface area (Å²) in [6.45, 7) is 9.60. The molecule has 2 aliphatic carbocycles. The molecule has 62 heavy (non-hydrogen) atoms. The fraction of sp³-hybridized carbons (Fsp3) is 0.0968. The van der Waals surface area contributed by atoms with Crippen molar-refractivity contribution in [3.05, 3.63) is 216 Å². The Hall–Kier alpha value is -7.28. The maximum Gasteiger partial charge on any atom is 0.0165 e. The Bertz CT molecular complexity index is 3740. The van der Waals surface area contributed by atoms with E-state index in [9.17, 15) is 0 Å². The second-order valence-corrected chi connectivity index (χ2v) is 18.8. The second-order valence-electron chi connectivity index (χ2n) is 18.8. The highest BCUT2D eigenvalue weighted by atomic mass is 14.4. The van der Waals surface area contributed by atoms with Crippen molar-refractivity contribution >= 4 is 53.9 Å². The number of hydrogen-bond donors (Lipinski definition) is 0. The molecule has 0 aromatic heterocycles. The van der Waals surface area contributed by atoms with Gasteiger partial charge in [0.1, 0.15) is 0 Å². The van der Waals surface area contributed by atoms with Crippen molar-refractivity contribution in [3.63, 3.8) is 0 Å². The van der Waals surface area contributed by atoms with Gasteiger partial charge < -0.3 is 0 Å². The van der Waals surface area contributed by atoms with E-state index in [4.69, 9.17) is 0 Å². The molecule has 0 saturated heterocycles. The van der Waals surface area contributed by atoms with Crippen LogP contribution in [-0.2, 0) is 10.8 Å². The van der Waals surface area contributed by atoms with E-state index in [-0.39, 0.29) is 10.8 Å². The van der Waals surface area contributed by atoms with Crippen molar-refractivity contribution < 1.29 is 0 Å². The number of benzene rings is 11. The van der Waals surface area contributed by atoms with E-state index in [1.165, 1.54) is 132 Å². The number of fused-ring (bicyclic) bond motifs is 13. The van der Waals surface area contributed by atoms with Gasteiger partial charge in [0.2, 0.25) is 0 Å². The summed E-state index contributed by atoms with van der Waals surface area (Å²) in [5.41, 5.74) is 18.3. The largest absolute Gasteiger partial charge is 0.0616 e. The van der Waals surface area contributed by atoms with Gasteiger partial charge in [0.15, 0.2) is 0 Å². The van der Waals surface area contributed by atoms with E-state index in [0.717, 1.165) is 0 Å². The first-order valence-corrected chi connectivity index (χ1v) is 22.1. The van der Waals surface area contributed by atoms with Crippen molar-refractivity contribution in [3.8, 4) is 55.6 Å². The Balaban J connectivity index is 1.09. The van der Waals surface area contributed by atoms with E-state index in [1.807, 2.05) is 0 Å². The van der Waals surface area contributed by atoms with Crippen molar-refractivity contribution in [1.29, 1.82) is 0 Å². The van der Waals surface area contributed by atoms with Gasteiger partial charge in [0.25, 0.3) is 0 Å². The molecule has 0 unspecified atom stereocenters. The van der Waals surface area contributed by atoms with Gasteiger partial charge in [0.05, 0.1) is 0 Å². The molecule has 0 fully saturated rings. The Morgan fingerprint density at radius 2 is 0.661 bits per heavy atom. The highest BCUT2D eigenvalue weighted by Crippen LogP contribution is 2.55. The lowest BCUT2D eigenvalue weighted by atomic mass is 9.79. The van der Waals surface area contributed by atoms with E-state index in [2.05, 4.69) is 222 Å². The van der Waals surface area contributed by atoms with E-state index >= 15 is 0 Å². The minimum absolute atomic E-state index is 0.111. The smallest absolute Gasteiger partial charge is 0.0165 e. The molecular formula is C62H44. The maximum atomic E-state index is 2.50. The lowest BCUT2D eigenvalue weighted by Gasteiger charge is -2.24. The topological polar surface area (TPSA) is 0 Å². The molecular weight excluding hydrogens is 745 g/mol.